The number of fused-ring (bicyclic) bond motifs is 3. The lowest BCUT2D eigenvalue weighted by molar-refractivity contribution is -0.199. The Morgan fingerprint density at radius 2 is 1.87 bits per heavy atom. The Labute approximate surface area is 176 Å². The molecule has 5 nitrogen and oxygen atoms in total. The molecule has 2 unspecified atom stereocenters. The zero-order valence-electron chi connectivity index (χ0n) is 17.2. The topological polar surface area (TPSA) is 61.8 Å². The number of ketones is 1. The molecule has 3 aliphatic rings. The fraction of sp³-hybridized carbons (Fsp3) is 0.440. The van der Waals surface area contributed by atoms with E-state index in [2.05, 4.69) is 24.3 Å². The van der Waals surface area contributed by atoms with E-state index in [-0.39, 0.29) is 17.1 Å². The van der Waals surface area contributed by atoms with Gasteiger partial charge in [0.2, 0.25) is 0 Å². The van der Waals surface area contributed by atoms with Gasteiger partial charge >= 0.3 is 5.97 Å². The van der Waals surface area contributed by atoms with Crippen LogP contribution in [0.4, 0.5) is 0 Å². The second-order valence-corrected chi connectivity index (χ2v) is 8.71. The Balaban J connectivity index is 1.61. The number of hydrogen-bond donors (Lipinski definition) is 0. The fourth-order valence-corrected chi connectivity index (χ4v) is 5.75. The van der Waals surface area contributed by atoms with Crippen molar-refractivity contribution in [2.24, 2.45) is 5.92 Å². The summed E-state index contributed by atoms with van der Waals surface area (Å²) < 4.78 is 16.9. The molecule has 5 rings (SSSR count). The standard InChI is InChI=1S/C25H26O5/c1-28-23(27)18-7-8-21-20(13-18)22(26)14-19-16-25(29-11-12-30-25)10-9-24(19,21)15-17-5-3-2-4-6-17/h2-8,13,19H,9-12,14-16H2,1H3. The number of benzene rings is 2. The van der Waals surface area contributed by atoms with Gasteiger partial charge in [-0.15, -0.1) is 0 Å². The van der Waals surface area contributed by atoms with Crippen molar-refractivity contribution in [3.63, 3.8) is 0 Å². The summed E-state index contributed by atoms with van der Waals surface area (Å²) in [6, 6.07) is 15.9. The Morgan fingerprint density at radius 3 is 2.60 bits per heavy atom. The van der Waals surface area contributed by atoms with Crippen LogP contribution in [0.2, 0.25) is 0 Å². The molecule has 1 saturated carbocycles. The first-order valence-corrected chi connectivity index (χ1v) is 10.6. The van der Waals surface area contributed by atoms with E-state index in [0.29, 0.717) is 30.8 Å². The molecule has 30 heavy (non-hydrogen) atoms. The molecule has 2 aromatic rings. The van der Waals surface area contributed by atoms with E-state index in [0.717, 1.165) is 31.2 Å². The highest BCUT2D eigenvalue weighted by molar-refractivity contribution is 6.02. The van der Waals surface area contributed by atoms with Crippen LogP contribution < -0.4 is 0 Å². The average molecular weight is 406 g/mol. The molecular weight excluding hydrogens is 380 g/mol. The van der Waals surface area contributed by atoms with Gasteiger partial charge in [0.25, 0.3) is 0 Å². The van der Waals surface area contributed by atoms with Gasteiger partial charge < -0.3 is 14.2 Å². The third kappa shape index (κ3) is 3.08. The van der Waals surface area contributed by atoms with E-state index in [1.807, 2.05) is 12.1 Å². The number of hydrogen-bond acceptors (Lipinski definition) is 5. The van der Waals surface area contributed by atoms with Crippen LogP contribution in [0.25, 0.3) is 0 Å². The van der Waals surface area contributed by atoms with Crippen molar-refractivity contribution in [3.05, 3.63) is 70.8 Å². The maximum absolute atomic E-state index is 13.2. The van der Waals surface area contributed by atoms with E-state index in [1.165, 1.54) is 12.7 Å². The van der Waals surface area contributed by atoms with Crippen LogP contribution in [0.1, 0.15) is 57.5 Å². The molecule has 1 saturated heterocycles. The molecule has 0 bridgehead atoms. The van der Waals surface area contributed by atoms with Crippen molar-refractivity contribution in [2.75, 3.05) is 20.3 Å². The minimum Gasteiger partial charge on any atom is -0.465 e. The molecule has 2 aliphatic carbocycles. The van der Waals surface area contributed by atoms with Gasteiger partial charge in [-0.3, -0.25) is 4.79 Å². The number of methoxy groups -OCH3 is 1. The maximum atomic E-state index is 13.2. The van der Waals surface area contributed by atoms with Crippen LogP contribution in [0, 0.1) is 5.92 Å². The van der Waals surface area contributed by atoms with Gasteiger partial charge in [-0.1, -0.05) is 36.4 Å². The predicted molar refractivity (Wildman–Crippen MR) is 111 cm³/mol. The van der Waals surface area contributed by atoms with Crippen molar-refractivity contribution in [1.82, 2.24) is 0 Å². The zero-order valence-corrected chi connectivity index (χ0v) is 17.2. The molecule has 0 radical (unpaired) electrons. The van der Waals surface area contributed by atoms with E-state index >= 15 is 0 Å². The minimum atomic E-state index is -0.547. The van der Waals surface area contributed by atoms with Gasteiger partial charge in [0.1, 0.15) is 0 Å². The van der Waals surface area contributed by atoms with Crippen LogP contribution in [0.3, 0.4) is 0 Å². The van der Waals surface area contributed by atoms with Gasteiger partial charge in [-0.25, -0.2) is 4.79 Å². The second-order valence-electron chi connectivity index (χ2n) is 8.71. The molecule has 1 spiro atoms. The SMILES string of the molecule is COC(=O)c1ccc2c(c1)C(=O)CC1CC3(CCC21Cc1ccccc1)OCCO3. The smallest absolute Gasteiger partial charge is 0.337 e. The van der Waals surface area contributed by atoms with Gasteiger partial charge in [0.15, 0.2) is 11.6 Å². The molecular formula is C25H26O5. The molecule has 2 atom stereocenters. The number of esters is 1. The summed E-state index contributed by atoms with van der Waals surface area (Å²) in [5.41, 5.74) is 3.21. The van der Waals surface area contributed by atoms with Gasteiger partial charge in [-0.05, 0) is 42.0 Å². The normalized spacial score (nSPS) is 26.8. The molecule has 0 aromatic heterocycles. The Hall–Kier alpha value is -2.50. The Morgan fingerprint density at radius 1 is 1.10 bits per heavy atom. The average Bonchev–Trinajstić information content (AvgIpc) is 3.23. The van der Waals surface area contributed by atoms with Crippen molar-refractivity contribution in [3.8, 4) is 0 Å². The molecule has 2 fully saturated rings. The molecule has 5 heteroatoms. The van der Waals surface area contributed by atoms with E-state index in [9.17, 15) is 9.59 Å². The Bertz CT molecular complexity index is 976. The first-order valence-electron chi connectivity index (χ1n) is 10.6. The highest BCUT2D eigenvalue weighted by Crippen LogP contribution is 2.56. The van der Waals surface area contributed by atoms with Crippen molar-refractivity contribution >= 4 is 11.8 Å². The quantitative estimate of drug-likeness (QED) is 0.719. The summed E-state index contributed by atoms with van der Waals surface area (Å²) in [7, 11) is 1.36. The molecule has 156 valence electrons. The predicted octanol–water partition coefficient (Wildman–Crippen LogP) is 4.08. The molecule has 2 aromatic carbocycles. The van der Waals surface area contributed by atoms with Crippen molar-refractivity contribution in [1.29, 1.82) is 0 Å². The number of rotatable bonds is 3. The Kier molecular flexibility index (Phi) is 4.75. The lowest BCUT2D eigenvalue weighted by atomic mass is 9.53. The lowest BCUT2D eigenvalue weighted by Crippen LogP contribution is -2.52. The van der Waals surface area contributed by atoms with Crippen molar-refractivity contribution < 1.29 is 23.8 Å². The van der Waals surface area contributed by atoms with E-state index in [1.54, 1.807) is 12.1 Å². The minimum absolute atomic E-state index is 0.0829. The summed E-state index contributed by atoms with van der Waals surface area (Å²) in [6.07, 6.45) is 3.71. The van der Waals surface area contributed by atoms with Crippen LogP contribution >= 0.6 is 0 Å². The van der Waals surface area contributed by atoms with Crippen LogP contribution in [0.15, 0.2) is 48.5 Å². The second kappa shape index (κ2) is 7.33. The van der Waals surface area contributed by atoms with Crippen LogP contribution in [-0.2, 0) is 26.0 Å². The number of carbonyl (C=O) groups excluding carboxylic acids is 2. The summed E-state index contributed by atoms with van der Waals surface area (Å²) in [4.78, 5) is 25.2. The van der Waals surface area contributed by atoms with Gasteiger partial charge in [0.05, 0.1) is 25.9 Å². The monoisotopic (exact) mass is 406 g/mol. The highest BCUT2D eigenvalue weighted by Gasteiger charge is 2.55. The number of ether oxygens (including phenoxy) is 3. The fourth-order valence-electron chi connectivity index (χ4n) is 5.75. The summed E-state index contributed by atoms with van der Waals surface area (Å²) in [5.74, 6) is -0.748. The van der Waals surface area contributed by atoms with Crippen molar-refractivity contribution in [2.45, 2.75) is 43.3 Å². The first-order chi connectivity index (χ1) is 14.6. The third-order valence-electron chi connectivity index (χ3n) is 7.18. The zero-order chi connectivity index (χ0) is 20.8. The highest BCUT2D eigenvalue weighted by atomic mass is 16.7. The molecule has 1 aliphatic heterocycles. The molecule has 1 heterocycles. The maximum Gasteiger partial charge on any atom is 0.337 e. The first kappa shape index (κ1) is 19.5. The number of carbonyl (C=O) groups is 2. The number of Topliss-reactive ketones (excluding diaryl/α,β-unsaturated/α-hetero) is 1. The lowest BCUT2D eigenvalue weighted by Gasteiger charge is -2.52. The van der Waals surface area contributed by atoms with E-state index < -0.39 is 11.8 Å². The summed E-state index contributed by atoms with van der Waals surface area (Å²) in [6.45, 7) is 1.23. The molecule has 0 N–H and O–H groups in total. The van der Waals surface area contributed by atoms with Crippen LogP contribution in [0.5, 0.6) is 0 Å². The molecule has 0 amide bonds. The van der Waals surface area contributed by atoms with E-state index in [4.69, 9.17) is 14.2 Å². The third-order valence-corrected chi connectivity index (χ3v) is 7.18. The van der Waals surface area contributed by atoms with Gasteiger partial charge in [0, 0.05) is 30.2 Å². The van der Waals surface area contributed by atoms with Gasteiger partial charge in [-0.2, -0.15) is 0 Å². The summed E-state index contributed by atoms with van der Waals surface area (Å²) in [5, 5.41) is 0. The largest absolute Gasteiger partial charge is 0.465 e. The summed E-state index contributed by atoms with van der Waals surface area (Å²) >= 11 is 0. The van der Waals surface area contributed by atoms with Crippen LogP contribution in [-0.4, -0.2) is 37.9 Å².